The van der Waals surface area contributed by atoms with Crippen molar-refractivity contribution in [3.05, 3.63) is 27.1 Å². The zero-order valence-electron chi connectivity index (χ0n) is 10.5. The monoisotopic (exact) mass is 422 g/mol. The van der Waals surface area contributed by atoms with E-state index in [0.717, 1.165) is 20.9 Å². The molecule has 0 amide bonds. The van der Waals surface area contributed by atoms with Crippen molar-refractivity contribution in [3.8, 4) is 11.4 Å². The quantitative estimate of drug-likeness (QED) is 0.817. The molecule has 0 aliphatic rings. The molecule has 1 aromatic heterocycles. The predicted octanol–water partition coefficient (Wildman–Crippen LogP) is 2.53. The fourth-order valence-electron chi connectivity index (χ4n) is 1.79. The second kappa shape index (κ2) is 5.92. The maximum absolute atomic E-state index is 11.5. The molecule has 6 nitrogen and oxygen atoms in total. The SMILES string of the molecule is CCCn1c(-c2ccc(Br)cc2Br)nnc1S(N)(=O)=O. The summed E-state index contributed by atoms with van der Waals surface area (Å²) in [6.07, 6.45) is 0.738. The van der Waals surface area contributed by atoms with Gasteiger partial charge in [0.25, 0.3) is 15.2 Å². The fourth-order valence-corrected chi connectivity index (χ4v) is 3.66. The van der Waals surface area contributed by atoms with Crippen LogP contribution >= 0.6 is 31.9 Å². The lowest BCUT2D eigenvalue weighted by Crippen LogP contribution is -2.19. The molecule has 0 aliphatic heterocycles. The summed E-state index contributed by atoms with van der Waals surface area (Å²) in [4.78, 5) is 0. The molecule has 2 N–H and O–H groups in total. The third-order valence-corrected chi connectivity index (χ3v) is 4.55. The second-order valence-electron chi connectivity index (χ2n) is 4.13. The first-order valence-electron chi connectivity index (χ1n) is 5.76. The van der Waals surface area contributed by atoms with E-state index in [9.17, 15) is 8.42 Å². The summed E-state index contributed by atoms with van der Waals surface area (Å²) >= 11 is 6.80. The normalized spacial score (nSPS) is 11.8. The summed E-state index contributed by atoms with van der Waals surface area (Å²) in [5.41, 5.74) is 0.754. The number of halogens is 2. The first kappa shape index (κ1) is 15.6. The van der Waals surface area contributed by atoms with Crippen LogP contribution < -0.4 is 5.14 Å². The average Bonchev–Trinajstić information content (AvgIpc) is 2.73. The molecule has 0 saturated carbocycles. The lowest BCUT2D eigenvalue weighted by atomic mass is 10.2. The van der Waals surface area contributed by atoms with Crippen LogP contribution in [0, 0.1) is 0 Å². The molecule has 1 heterocycles. The highest BCUT2D eigenvalue weighted by molar-refractivity contribution is 9.11. The van der Waals surface area contributed by atoms with Gasteiger partial charge in [0.2, 0.25) is 0 Å². The maximum Gasteiger partial charge on any atom is 0.273 e. The number of nitrogens with zero attached hydrogens (tertiary/aromatic N) is 3. The summed E-state index contributed by atoms with van der Waals surface area (Å²) in [7, 11) is -3.90. The van der Waals surface area contributed by atoms with Gasteiger partial charge >= 0.3 is 0 Å². The molecular formula is C11H12Br2N4O2S. The minimum Gasteiger partial charge on any atom is -0.297 e. The summed E-state index contributed by atoms with van der Waals surface area (Å²) in [5, 5.41) is 12.6. The first-order valence-corrected chi connectivity index (χ1v) is 8.89. The topological polar surface area (TPSA) is 90.9 Å². The largest absolute Gasteiger partial charge is 0.297 e. The van der Waals surface area contributed by atoms with Crippen LogP contribution in [0.2, 0.25) is 0 Å². The number of hydrogen-bond donors (Lipinski definition) is 1. The third kappa shape index (κ3) is 3.11. The van der Waals surface area contributed by atoms with Gasteiger partial charge in [-0.05, 0) is 40.5 Å². The van der Waals surface area contributed by atoms with Gasteiger partial charge < -0.3 is 0 Å². The number of aromatic nitrogens is 3. The number of sulfonamides is 1. The van der Waals surface area contributed by atoms with E-state index in [1.54, 1.807) is 0 Å². The van der Waals surface area contributed by atoms with E-state index in [4.69, 9.17) is 5.14 Å². The van der Waals surface area contributed by atoms with E-state index < -0.39 is 10.0 Å². The van der Waals surface area contributed by atoms with E-state index in [2.05, 4.69) is 42.1 Å². The van der Waals surface area contributed by atoms with Crippen molar-refractivity contribution in [1.82, 2.24) is 14.8 Å². The maximum atomic E-state index is 11.5. The summed E-state index contributed by atoms with van der Waals surface area (Å²) in [6.45, 7) is 2.41. The van der Waals surface area contributed by atoms with Crippen LogP contribution in [0.1, 0.15) is 13.3 Å². The Morgan fingerprint density at radius 2 is 2.00 bits per heavy atom. The molecule has 1 aromatic carbocycles. The highest BCUT2D eigenvalue weighted by Crippen LogP contribution is 2.30. The van der Waals surface area contributed by atoms with Gasteiger partial charge in [0.05, 0.1) is 0 Å². The van der Waals surface area contributed by atoms with Crippen LogP contribution in [0.15, 0.2) is 32.3 Å². The van der Waals surface area contributed by atoms with E-state index >= 15 is 0 Å². The van der Waals surface area contributed by atoms with Crippen LogP contribution in [-0.2, 0) is 16.6 Å². The minimum absolute atomic E-state index is 0.218. The number of benzene rings is 1. The van der Waals surface area contributed by atoms with Crippen LogP contribution in [0.4, 0.5) is 0 Å². The Hall–Kier alpha value is -0.770. The van der Waals surface area contributed by atoms with Crippen molar-refractivity contribution < 1.29 is 8.42 Å². The predicted molar refractivity (Wildman–Crippen MR) is 82.5 cm³/mol. The smallest absolute Gasteiger partial charge is 0.273 e. The van der Waals surface area contributed by atoms with Gasteiger partial charge in [-0.15, -0.1) is 10.2 Å². The fraction of sp³-hybridized carbons (Fsp3) is 0.273. The Morgan fingerprint density at radius 1 is 1.30 bits per heavy atom. The number of rotatable bonds is 4. The molecule has 0 unspecified atom stereocenters. The van der Waals surface area contributed by atoms with E-state index in [1.165, 1.54) is 4.57 Å². The van der Waals surface area contributed by atoms with Crippen LogP contribution in [0.5, 0.6) is 0 Å². The van der Waals surface area contributed by atoms with E-state index in [1.807, 2.05) is 25.1 Å². The average molecular weight is 424 g/mol. The van der Waals surface area contributed by atoms with Crippen LogP contribution in [0.3, 0.4) is 0 Å². The number of primary sulfonamides is 1. The molecule has 0 atom stereocenters. The van der Waals surface area contributed by atoms with Gasteiger partial charge in [-0.3, -0.25) is 4.57 Å². The van der Waals surface area contributed by atoms with Crippen molar-refractivity contribution in [3.63, 3.8) is 0 Å². The minimum atomic E-state index is -3.90. The molecule has 108 valence electrons. The third-order valence-electron chi connectivity index (χ3n) is 2.59. The zero-order chi connectivity index (χ0) is 14.9. The van der Waals surface area contributed by atoms with Gasteiger partial charge in [-0.2, -0.15) is 0 Å². The van der Waals surface area contributed by atoms with Crippen molar-refractivity contribution in [2.45, 2.75) is 25.0 Å². The Morgan fingerprint density at radius 3 is 2.55 bits per heavy atom. The molecule has 2 aromatic rings. The van der Waals surface area contributed by atoms with Gasteiger partial charge in [-0.25, -0.2) is 13.6 Å². The molecule has 9 heteroatoms. The molecular weight excluding hydrogens is 412 g/mol. The highest BCUT2D eigenvalue weighted by Gasteiger charge is 2.22. The Labute approximate surface area is 133 Å². The van der Waals surface area contributed by atoms with Gasteiger partial charge in [0, 0.05) is 21.1 Å². The molecule has 0 saturated heterocycles. The van der Waals surface area contributed by atoms with Crippen molar-refractivity contribution in [2.75, 3.05) is 0 Å². The standard InChI is InChI=1S/C11H12Br2N4O2S/c1-2-5-17-10(15-16-11(17)20(14,18)19)8-4-3-7(12)6-9(8)13/h3-4,6H,2,5H2,1H3,(H2,14,18,19). The lowest BCUT2D eigenvalue weighted by molar-refractivity contribution is 0.559. The second-order valence-corrected chi connectivity index (χ2v) is 7.35. The van der Waals surface area contributed by atoms with Crippen LogP contribution in [0.25, 0.3) is 11.4 Å². The van der Waals surface area contributed by atoms with E-state index in [-0.39, 0.29) is 5.16 Å². The zero-order valence-corrected chi connectivity index (χ0v) is 14.5. The lowest BCUT2D eigenvalue weighted by Gasteiger charge is -2.09. The molecule has 0 fully saturated rings. The van der Waals surface area contributed by atoms with Gasteiger partial charge in [-0.1, -0.05) is 22.9 Å². The van der Waals surface area contributed by atoms with Crippen molar-refractivity contribution >= 4 is 41.9 Å². The molecule has 20 heavy (non-hydrogen) atoms. The molecule has 2 rings (SSSR count). The summed E-state index contributed by atoms with van der Waals surface area (Å²) in [5.74, 6) is 0.468. The molecule has 0 aliphatic carbocycles. The Bertz CT molecular complexity index is 743. The highest BCUT2D eigenvalue weighted by atomic mass is 79.9. The molecule has 0 radical (unpaired) electrons. The molecule has 0 bridgehead atoms. The number of hydrogen-bond acceptors (Lipinski definition) is 4. The van der Waals surface area contributed by atoms with Gasteiger partial charge in [0.15, 0.2) is 5.82 Å². The van der Waals surface area contributed by atoms with Crippen LogP contribution in [-0.4, -0.2) is 23.2 Å². The summed E-state index contributed by atoms with van der Waals surface area (Å²) < 4.78 is 26.3. The van der Waals surface area contributed by atoms with E-state index in [0.29, 0.717) is 12.4 Å². The van der Waals surface area contributed by atoms with Gasteiger partial charge in [0.1, 0.15) is 0 Å². The Kier molecular flexibility index (Phi) is 4.62. The van der Waals surface area contributed by atoms with Crippen molar-refractivity contribution in [2.24, 2.45) is 5.14 Å². The Balaban J connectivity index is 2.66. The number of nitrogens with two attached hydrogens (primary N) is 1. The first-order chi connectivity index (χ1) is 9.34. The molecule has 0 spiro atoms. The van der Waals surface area contributed by atoms with Crippen molar-refractivity contribution in [1.29, 1.82) is 0 Å². The summed E-state index contributed by atoms with van der Waals surface area (Å²) in [6, 6.07) is 5.54.